The quantitative estimate of drug-likeness (QED) is 0.627. The second kappa shape index (κ2) is 11.2. The molecule has 1 aliphatic heterocycles. The van der Waals surface area contributed by atoms with Crippen LogP contribution in [-0.4, -0.2) is 67.9 Å². The molecule has 192 valence electrons. The van der Waals surface area contributed by atoms with Crippen molar-refractivity contribution in [3.05, 3.63) is 24.0 Å². The first-order valence-electron chi connectivity index (χ1n) is 13.4. The van der Waals surface area contributed by atoms with Gasteiger partial charge in [-0.3, -0.25) is 9.69 Å². The van der Waals surface area contributed by atoms with Gasteiger partial charge in [0.25, 0.3) is 0 Å². The Kier molecular flexibility index (Phi) is 7.88. The van der Waals surface area contributed by atoms with Gasteiger partial charge < -0.3 is 19.5 Å². The highest BCUT2D eigenvalue weighted by Crippen LogP contribution is 2.31. The molecule has 0 unspecified atom stereocenters. The molecule has 8 heteroatoms. The standard InChI is InChI=1S/C27H39FN4O3/c1-34-23-9-4-20(5-10-23)27(33)29-22-7-2-19(3-8-22)12-13-31-14-16-32(17-15-31)26-24-18-21(28)6-11-25(24)35-30-26/h6,11,18-20,22-23H,2-5,7-10,12-17H2,1H3,(H,29,33)/t19?,20-,22?,23-. The molecule has 3 fully saturated rings. The van der Waals surface area contributed by atoms with Gasteiger partial charge in [0.05, 0.1) is 11.5 Å². The third-order valence-electron chi connectivity index (χ3n) is 8.51. The van der Waals surface area contributed by atoms with E-state index in [9.17, 15) is 9.18 Å². The number of nitrogens with one attached hydrogen (secondary N) is 1. The van der Waals surface area contributed by atoms with E-state index in [0.717, 1.165) is 88.4 Å². The van der Waals surface area contributed by atoms with E-state index >= 15 is 0 Å². The fraction of sp³-hybridized carbons (Fsp3) is 0.704. The van der Waals surface area contributed by atoms with Crippen molar-refractivity contribution in [2.75, 3.05) is 44.7 Å². The van der Waals surface area contributed by atoms with Gasteiger partial charge in [-0.1, -0.05) is 5.16 Å². The second-order valence-corrected chi connectivity index (χ2v) is 10.7. The van der Waals surface area contributed by atoms with E-state index in [1.807, 2.05) is 0 Å². The van der Waals surface area contributed by atoms with Gasteiger partial charge in [0.1, 0.15) is 5.82 Å². The first-order chi connectivity index (χ1) is 17.1. The van der Waals surface area contributed by atoms with Gasteiger partial charge in [-0.25, -0.2) is 4.39 Å². The molecule has 35 heavy (non-hydrogen) atoms. The van der Waals surface area contributed by atoms with Crippen molar-refractivity contribution in [3.63, 3.8) is 0 Å². The largest absolute Gasteiger partial charge is 0.381 e. The third-order valence-corrected chi connectivity index (χ3v) is 8.51. The molecular weight excluding hydrogens is 447 g/mol. The van der Waals surface area contributed by atoms with Gasteiger partial charge in [0.2, 0.25) is 5.91 Å². The summed E-state index contributed by atoms with van der Waals surface area (Å²) in [4.78, 5) is 17.4. The molecule has 0 bridgehead atoms. The van der Waals surface area contributed by atoms with E-state index in [4.69, 9.17) is 9.26 Å². The Morgan fingerprint density at radius 2 is 1.83 bits per heavy atom. The van der Waals surface area contributed by atoms with Crippen LogP contribution >= 0.6 is 0 Å². The number of benzene rings is 1. The molecule has 2 aromatic rings. The number of ether oxygens (including phenoxy) is 1. The van der Waals surface area contributed by atoms with Gasteiger partial charge in [-0.2, -0.15) is 0 Å². The minimum atomic E-state index is -0.260. The highest BCUT2D eigenvalue weighted by atomic mass is 19.1. The Labute approximate surface area is 207 Å². The van der Waals surface area contributed by atoms with Crippen LogP contribution in [0.5, 0.6) is 0 Å². The summed E-state index contributed by atoms with van der Waals surface area (Å²) in [7, 11) is 1.77. The molecule has 1 saturated heterocycles. The van der Waals surface area contributed by atoms with Crippen molar-refractivity contribution >= 4 is 22.7 Å². The van der Waals surface area contributed by atoms with E-state index in [1.54, 1.807) is 13.2 Å². The molecule has 2 heterocycles. The molecule has 0 atom stereocenters. The molecular formula is C27H39FN4O3. The van der Waals surface area contributed by atoms with Crippen LogP contribution in [0, 0.1) is 17.7 Å². The number of hydrogen-bond donors (Lipinski definition) is 1. The van der Waals surface area contributed by atoms with Crippen LogP contribution in [0.4, 0.5) is 10.2 Å². The Balaban J connectivity index is 0.998. The zero-order valence-corrected chi connectivity index (χ0v) is 20.9. The van der Waals surface area contributed by atoms with E-state index in [1.165, 1.54) is 31.4 Å². The zero-order chi connectivity index (χ0) is 24.2. The molecule has 1 N–H and O–H groups in total. The lowest BCUT2D eigenvalue weighted by Crippen LogP contribution is -2.47. The number of carbonyl (C=O) groups is 1. The molecule has 1 aromatic heterocycles. The summed E-state index contributed by atoms with van der Waals surface area (Å²) in [6.45, 7) is 4.85. The molecule has 2 saturated carbocycles. The van der Waals surface area contributed by atoms with E-state index in [0.29, 0.717) is 17.7 Å². The van der Waals surface area contributed by atoms with Gasteiger partial charge in [0.15, 0.2) is 11.4 Å². The Bertz CT molecular complexity index is 974. The number of rotatable bonds is 7. The summed E-state index contributed by atoms with van der Waals surface area (Å²) in [6, 6.07) is 4.91. The predicted octanol–water partition coefficient (Wildman–Crippen LogP) is 4.36. The Morgan fingerprint density at radius 1 is 1.09 bits per heavy atom. The lowest BCUT2D eigenvalue weighted by molar-refractivity contribution is -0.127. The maximum absolute atomic E-state index is 13.7. The SMILES string of the molecule is CO[C@H]1CC[C@H](C(=O)NC2CCC(CCN3CCN(c4noc5ccc(F)cc45)CC3)CC2)CC1. The number of anilines is 1. The Hall–Kier alpha value is -2.19. The summed E-state index contributed by atoms with van der Waals surface area (Å²) in [5.41, 5.74) is 0.633. The van der Waals surface area contributed by atoms with Crippen molar-refractivity contribution in [2.45, 2.75) is 69.9 Å². The van der Waals surface area contributed by atoms with Gasteiger partial charge >= 0.3 is 0 Å². The van der Waals surface area contributed by atoms with E-state index in [2.05, 4.69) is 20.3 Å². The molecule has 0 radical (unpaired) electrons. The minimum absolute atomic E-state index is 0.173. The van der Waals surface area contributed by atoms with E-state index in [-0.39, 0.29) is 17.6 Å². The molecule has 1 aromatic carbocycles. The second-order valence-electron chi connectivity index (χ2n) is 10.7. The molecule has 1 amide bonds. The van der Waals surface area contributed by atoms with Gasteiger partial charge in [-0.05, 0) is 88.4 Å². The average molecular weight is 487 g/mol. The lowest BCUT2D eigenvalue weighted by Gasteiger charge is -2.36. The topological polar surface area (TPSA) is 70.8 Å². The van der Waals surface area contributed by atoms with Crippen molar-refractivity contribution in [3.8, 4) is 0 Å². The zero-order valence-electron chi connectivity index (χ0n) is 20.9. The number of piperazine rings is 1. The van der Waals surface area contributed by atoms with Crippen LogP contribution in [0.25, 0.3) is 11.0 Å². The minimum Gasteiger partial charge on any atom is -0.381 e. The van der Waals surface area contributed by atoms with Crippen molar-refractivity contribution in [1.29, 1.82) is 0 Å². The number of methoxy groups -OCH3 is 1. The fourth-order valence-corrected chi connectivity index (χ4v) is 6.15. The maximum atomic E-state index is 13.7. The Morgan fingerprint density at radius 3 is 2.54 bits per heavy atom. The molecule has 0 spiro atoms. The number of fused-ring (bicyclic) bond motifs is 1. The third kappa shape index (κ3) is 5.97. The normalized spacial score (nSPS) is 28.3. The van der Waals surface area contributed by atoms with Crippen molar-refractivity contribution in [2.24, 2.45) is 11.8 Å². The first kappa shape index (κ1) is 24.5. The number of carbonyl (C=O) groups excluding carboxylic acids is 1. The van der Waals surface area contributed by atoms with Crippen LogP contribution in [0.1, 0.15) is 57.8 Å². The highest BCUT2D eigenvalue weighted by molar-refractivity contribution is 5.88. The summed E-state index contributed by atoms with van der Waals surface area (Å²) in [5, 5.41) is 8.30. The number of hydrogen-bond acceptors (Lipinski definition) is 6. The van der Waals surface area contributed by atoms with Crippen LogP contribution in [0.15, 0.2) is 22.7 Å². The molecule has 3 aliphatic rings. The maximum Gasteiger partial charge on any atom is 0.223 e. The smallest absolute Gasteiger partial charge is 0.223 e. The van der Waals surface area contributed by atoms with Crippen LogP contribution < -0.4 is 10.2 Å². The van der Waals surface area contributed by atoms with E-state index < -0.39 is 0 Å². The number of nitrogens with zero attached hydrogens (tertiary/aromatic N) is 3. The lowest BCUT2D eigenvalue weighted by atomic mass is 9.83. The highest BCUT2D eigenvalue weighted by Gasteiger charge is 2.29. The molecule has 5 rings (SSSR count). The molecule has 7 nitrogen and oxygen atoms in total. The van der Waals surface area contributed by atoms with Crippen LogP contribution in [0.3, 0.4) is 0 Å². The van der Waals surface area contributed by atoms with Crippen molar-refractivity contribution < 1.29 is 18.4 Å². The number of amides is 1. The summed E-state index contributed by atoms with van der Waals surface area (Å²) in [6.07, 6.45) is 10.1. The first-order valence-corrected chi connectivity index (χ1v) is 13.4. The summed E-state index contributed by atoms with van der Waals surface area (Å²) < 4.78 is 24.5. The van der Waals surface area contributed by atoms with Crippen LogP contribution in [-0.2, 0) is 9.53 Å². The van der Waals surface area contributed by atoms with Crippen molar-refractivity contribution in [1.82, 2.24) is 15.4 Å². The predicted molar refractivity (Wildman–Crippen MR) is 134 cm³/mol. The fourth-order valence-electron chi connectivity index (χ4n) is 6.15. The molecule has 2 aliphatic carbocycles. The summed E-state index contributed by atoms with van der Waals surface area (Å²) in [5.74, 6) is 1.69. The van der Waals surface area contributed by atoms with Crippen LogP contribution in [0.2, 0.25) is 0 Å². The monoisotopic (exact) mass is 486 g/mol. The number of aromatic nitrogens is 1. The van der Waals surface area contributed by atoms with Gasteiger partial charge in [-0.15, -0.1) is 0 Å². The van der Waals surface area contributed by atoms with Gasteiger partial charge in [0, 0.05) is 45.2 Å². The summed E-state index contributed by atoms with van der Waals surface area (Å²) >= 11 is 0. The average Bonchev–Trinajstić information content (AvgIpc) is 3.31. The number of halogens is 1.